The van der Waals surface area contributed by atoms with Crippen LogP contribution in [0.3, 0.4) is 0 Å². The van der Waals surface area contributed by atoms with Crippen LogP contribution in [-0.4, -0.2) is 11.9 Å². The zero-order valence-electron chi connectivity index (χ0n) is 9.27. The lowest BCUT2D eigenvalue weighted by molar-refractivity contribution is -0.123. The van der Waals surface area contributed by atoms with Crippen molar-refractivity contribution < 1.29 is 18.0 Å². The first-order chi connectivity index (χ1) is 8.00. The second kappa shape index (κ2) is 4.39. The maximum absolute atomic E-state index is 13.6. The normalized spacial score (nSPS) is 24.6. The molecule has 1 aliphatic heterocycles. The fourth-order valence-electron chi connectivity index (χ4n) is 2.24. The lowest BCUT2D eigenvalue weighted by Gasteiger charge is -2.30. The molecule has 1 N–H and O–H groups in total. The maximum atomic E-state index is 13.6. The Kier molecular flexibility index (Phi) is 3.09. The maximum Gasteiger partial charge on any atom is 0.220 e. The van der Waals surface area contributed by atoms with E-state index in [9.17, 15) is 18.0 Å². The van der Waals surface area contributed by atoms with Gasteiger partial charge in [-0.2, -0.15) is 0 Å². The van der Waals surface area contributed by atoms with Crippen molar-refractivity contribution in [2.45, 2.75) is 31.7 Å². The average Bonchev–Trinajstić information content (AvgIpc) is 2.27. The second-order valence-electron chi connectivity index (χ2n) is 4.26. The molecule has 0 aliphatic carbocycles. The summed E-state index contributed by atoms with van der Waals surface area (Å²) in [7, 11) is 0. The minimum absolute atomic E-state index is 0.147. The summed E-state index contributed by atoms with van der Waals surface area (Å²) in [6.07, 6.45) is 0.523. The molecule has 0 aromatic heterocycles. The van der Waals surface area contributed by atoms with Crippen LogP contribution in [0.15, 0.2) is 12.1 Å². The molecule has 0 radical (unpaired) electrons. The highest BCUT2D eigenvalue weighted by Gasteiger charge is 2.31. The quantitative estimate of drug-likeness (QED) is 0.754. The molecule has 1 aromatic carbocycles. The Morgan fingerprint density at radius 1 is 1.24 bits per heavy atom. The number of carbonyl (C=O) groups is 1. The zero-order chi connectivity index (χ0) is 12.6. The predicted molar refractivity (Wildman–Crippen MR) is 55.9 cm³/mol. The highest BCUT2D eigenvalue weighted by molar-refractivity contribution is 5.77. The van der Waals surface area contributed by atoms with Crippen LogP contribution >= 0.6 is 0 Å². The number of amides is 1. The molecule has 1 aromatic rings. The van der Waals surface area contributed by atoms with Gasteiger partial charge >= 0.3 is 0 Å². The number of halogens is 3. The summed E-state index contributed by atoms with van der Waals surface area (Å²) in [5.74, 6) is -3.66. The largest absolute Gasteiger partial charge is 0.353 e. The highest BCUT2D eigenvalue weighted by Crippen LogP contribution is 2.32. The molecule has 0 spiro atoms. The van der Waals surface area contributed by atoms with Gasteiger partial charge in [0.05, 0.1) is 0 Å². The van der Waals surface area contributed by atoms with Crippen LogP contribution in [0.25, 0.3) is 0 Å². The third kappa shape index (κ3) is 2.14. The zero-order valence-corrected chi connectivity index (χ0v) is 9.27. The van der Waals surface area contributed by atoms with Gasteiger partial charge in [0.25, 0.3) is 0 Å². The van der Waals surface area contributed by atoms with Crippen LogP contribution in [0.5, 0.6) is 0 Å². The predicted octanol–water partition coefficient (Wildman–Crippen LogP) is 2.49. The Labute approximate surface area is 96.8 Å². The van der Waals surface area contributed by atoms with Crippen LogP contribution in [-0.2, 0) is 4.79 Å². The third-order valence-electron chi connectivity index (χ3n) is 3.12. The van der Waals surface area contributed by atoms with Crippen molar-refractivity contribution >= 4 is 5.91 Å². The van der Waals surface area contributed by atoms with Gasteiger partial charge in [0.15, 0.2) is 11.6 Å². The molecular formula is C12H12F3NO. The van der Waals surface area contributed by atoms with E-state index in [1.54, 1.807) is 6.92 Å². The molecule has 0 bridgehead atoms. The number of benzene rings is 1. The van der Waals surface area contributed by atoms with Gasteiger partial charge < -0.3 is 5.32 Å². The molecule has 0 unspecified atom stereocenters. The molecule has 1 heterocycles. The molecule has 1 aliphatic rings. The summed E-state index contributed by atoms with van der Waals surface area (Å²) in [5, 5.41) is 2.61. The summed E-state index contributed by atoms with van der Waals surface area (Å²) in [4.78, 5) is 11.1. The first kappa shape index (κ1) is 12.0. The van der Waals surface area contributed by atoms with Crippen LogP contribution in [0.4, 0.5) is 13.2 Å². The Bertz CT molecular complexity index is 461. The van der Waals surface area contributed by atoms with Crippen LogP contribution in [0, 0.1) is 17.5 Å². The Morgan fingerprint density at radius 2 is 1.88 bits per heavy atom. The molecule has 92 valence electrons. The fraction of sp³-hybridized carbons (Fsp3) is 0.417. The molecule has 5 heteroatoms. The lowest BCUT2D eigenvalue weighted by Crippen LogP contribution is -2.42. The third-order valence-corrected chi connectivity index (χ3v) is 3.12. The minimum Gasteiger partial charge on any atom is -0.353 e. The van der Waals surface area contributed by atoms with E-state index in [-0.39, 0.29) is 17.9 Å². The molecule has 0 saturated carbocycles. The van der Waals surface area contributed by atoms with E-state index in [0.717, 1.165) is 12.1 Å². The van der Waals surface area contributed by atoms with Gasteiger partial charge in [-0.25, -0.2) is 13.2 Å². The van der Waals surface area contributed by atoms with E-state index in [4.69, 9.17) is 0 Å². The van der Waals surface area contributed by atoms with Gasteiger partial charge in [-0.05, 0) is 25.5 Å². The van der Waals surface area contributed by atoms with Crippen molar-refractivity contribution in [2.24, 2.45) is 0 Å². The number of piperidine rings is 1. The van der Waals surface area contributed by atoms with Gasteiger partial charge in [0, 0.05) is 23.9 Å². The average molecular weight is 243 g/mol. The number of nitrogens with one attached hydrogen (secondary N) is 1. The summed E-state index contributed by atoms with van der Waals surface area (Å²) in [6, 6.07) is 1.28. The van der Waals surface area contributed by atoms with Crippen molar-refractivity contribution in [1.29, 1.82) is 0 Å². The van der Waals surface area contributed by atoms with E-state index in [2.05, 4.69) is 5.32 Å². The van der Waals surface area contributed by atoms with Crippen molar-refractivity contribution in [3.05, 3.63) is 35.1 Å². The van der Waals surface area contributed by atoms with Gasteiger partial charge in [-0.15, -0.1) is 0 Å². The highest BCUT2D eigenvalue weighted by atomic mass is 19.2. The summed E-state index contributed by atoms with van der Waals surface area (Å²) in [6.45, 7) is 1.66. The number of rotatable bonds is 1. The fourth-order valence-corrected chi connectivity index (χ4v) is 2.24. The summed E-state index contributed by atoms with van der Waals surface area (Å²) < 4.78 is 40.2. The van der Waals surface area contributed by atoms with Gasteiger partial charge in [-0.1, -0.05) is 0 Å². The molecule has 1 fully saturated rings. The summed E-state index contributed by atoms with van der Waals surface area (Å²) in [5.41, 5.74) is -0.266. The first-order valence-corrected chi connectivity index (χ1v) is 5.43. The monoisotopic (exact) mass is 243 g/mol. The molecule has 1 saturated heterocycles. The van der Waals surface area contributed by atoms with Crippen LogP contribution in [0.2, 0.25) is 0 Å². The summed E-state index contributed by atoms with van der Waals surface area (Å²) >= 11 is 0. The Balaban J connectivity index is 2.40. The lowest BCUT2D eigenvalue weighted by atomic mass is 9.84. The van der Waals surface area contributed by atoms with Crippen molar-refractivity contribution in [2.75, 3.05) is 0 Å². The van der Waals surface area contributed by atoms with Crippen molar-refractivity contribution in [1.82, 2.24) is 5.32 Å². The van der Waals surface area contributed by atoms with E-state index < -0.39 is 29.4 Å². The topological polar surface area (TPSA) is 29.1 Å². The number of hydrogen-bond donors (Lipinski definition) is 1. The Hall–Kier alpha value is -1.52. The second-order valence-corrected chi connectivity index (χ2v) is 4.26. The molecule has 1 amide bonds. The molecule has 2 nitrogen and oxygen atoms in total. The van der Waals surface area contributed by atoms with E-state index >= 15 is 0 Å². The van der Waals surface area contributed by atoms with Crippen molar-refractivity contribution in [3.8, 4) is 0 Å². The SMILES string of the molecule is C[C@H]1NC(=O)CC[C@H]1c1c(F)ccc(F)c1F. The molecular weight excluding hydrogens is 231 g/mol. The molecule has 17 heavy (non-hydrogen) atoms. The standard InChI is InChI=1S/C12H12F3NO/c1-6-7(2-5-10(17)16-6)11-8(13)3-4-9(14)12(11)15/h3-4,6-7H,2,5H2,1H3,(H,16,17)/t6-,7-/m1/s1. The van der Waals surface area contributed by atoms with Gasteiger partial charge in [0.1, 0.15) is 5.82 Å². The van der Waals surface area contributed by atoms with Gasteiger partial charge in [0.2, 0.25) is 5.91 Å². The Morgan fingerprint density at radius 3 is 2.53 bits per heavy atom. The van der Waals surface area contributed by atoms with Crippen LogP contribution in [0.1, 0.15) is 31.2 Å². The molecule has 2 rings (SSSR count). The minimum atomic E-state index is -1.15. The first-order valence-electron chi connectivity index (χ1n) is 5.43. The van der Waals surface area contributed by atoms with Crippen molar-refractivity contribution in [3.63, 3.8) is 0 Å². The van der Waals surface area contributed by atoms with E-state index in [1.165, 1.54) is 0 Å². The van der Waals surface area contributed by atoms with E-state index in [1.807, 2.05) is 0 Å². The van der Waals surface area contributed by atoms with E-state index in [0.29, 0.717) is 6.42 Å². The number of hydrogen-bond acceptors (Lipinski definition) is 1. The van der Waals surface area contributed by atoms with Gasteiger partial charge in [-0.3, -0.25) is 4.79 Å². The number of carbonyl (C=O) groups excluding carboxylic acids is 1. The smallest absolute Gasteiger partial charge is 0.220 e. The molecule has 2 atom stereocenters. The van der Waals surface area contributed by atoms with Crippen LogP contribution < -0.4 is 5.32 Å².